The lowest BCUT2D eigenvalue weighted by molar-refractivity contribution is -0.142. The lowest BCUT2D eigenvalue weighted by Crippen LogP contribution is -2.51. The van der Waals surface area contributed by atoms with E-state index in [1.807, 2.05) is 93.6 Å². The second-order valence-corrected chi connectivity index (χ2v) is 9.60. The summed E-state index contributed by atoms with van der Waals surface area (Å²) in [4.78, 5) is 28.5. The first kappa shape index (κ1) is 26.5. The molecule has 6 heteroatoms. The van der Waals surface area contributed by atoms with Crippen molar-refractivity contribution in [2.75, 3.05) is 13.2 Å². The molecule has 0 aliphatic rings. The Balaban J connectivity index is 1.88. The summed E-state index contributed by atoms with van der Waals surface area (Å²) >= 11 is 3.46. The summed E-state index contributed by atoms with van der Waals surface area (Å²) in [7, 11) is 0. The van der Waals surface area contributed by atoms with E-state index in [0.29, 0.717) is 25.3 Å². The number of aryl methyl sites for hydroxylation is 2. The molecular weight excluding hydrogens is 504 g/mol. The molecule has 3 rings (SSSR count). The Morgan fingerprint density at radius 2 is 1.66 bits per heavy atom. The van der Waals surface area contributed by atoms with Gasteiger partial charge in [-0.1, -0.05) is 71.4 Å². The highest BCUT2D eigenvalue weighted by molar-refractivity contribution is 9.10. The molecule has 3 aromatic carbocycles. The van der Waals surface area contributed by atoms with E-state index in [0.717, 1.165) is 33.1 Å². The molecule has 0 radical (unpaired) electrons. The summed E-state index contributed by atoms with van der Waals surface area (Å²) < 4.78 is 6.83. The van der Waals surface area contributed by atoms with Gasteiger partial charge in [0.2, 0.25) is 5.91 Å². The Kier molecular flexibility index (Phi) is 9.91. The third-order valence-electron chi connectivity index (χ3n) is 5.93. The third kappa shape index (κ3) is 7.96. The molecule has 0 saturated heterocycles. The van der Waals surface area contributed by atoms with Gasteiger partial charge in [0.25, 0.3) is 5.91 Å². The van der Waals surface area contributed by atoms with Crippen molar-refractivity contribution in [3.8, 4) is 5.75 Å². The number of nitrogens with one attached hydrogen (secondary N) is 1. The first-order valence-electron chi connectivity index (χ1n) is 11.9. The van der Waals surface area contributed by atoms with E-state index in [4.69, 9.17) is 4.74 Å². The zero-order valence-corrected chi connectivity index (χ0v) is 22.2. The zero-order chi connectivity index (χ0) is 25.2. The highest BCUT2D eigenvalue weighted by Gasteiger charge is 2.30. The van der Waals surface area contributed by atoms with Crippen LogP contribution in [0.15, 0.2) is 77.3 Å². The molecule has 2 amide bonds. The van der Waals surface area contributed by atoms with Gasteiger partial charge in [-0.3, -0.25) is 9.59 Å². The number of rotatable bonds is 11. The molecule has 0 fully saturated rings. The van der Waals surface area contributed by atoms with Crippen LogP contribution in [0.3, 0.4) is 0 Å². The maximum Gasteiger partial charge on any atom is 0.261 e. The summed E-state index contributed by atoms with van der Waals surface area (Å²) in [6.45, 7) is 6.77. The van der Waals surface area contributed by atoms with Crippen molar-refractivity contribution < 1.29 is 14.3 Å². The van der Waals surface area contributed by atoms with Gasteiger partial charge in [-0.15, -0.1) is 0 Å². The fourth-order valence-corrected chi connectivity index (χ4v) is 4.00. The summed E-state index contributed by atoms with van der Waals surface area (Å²) in [5.41, 5.74) is 4.19. The topological polar surface area (TPSA) is 58.6 Å². The van der Waals surface area contributed by atoms with Gasteiger partial charge in [0.1, 0.15) is 11.8 Å². The molecule has 5 nitrogen and oxygen atoms in total. The molecule has 184 valence electrons. The van der Waals surface area contributed by atoms with Gasteiger partial charge in [-0.25, -0.2) is 0 Å². The van der Waals surface area contributed by atoms with Crippen molar-refractivity contribution in [3.05, 3.63) is 99.5 Å². The molecule has 0 bridgehead atoms. The Labute approximate surface area is 216 Å². The number of carbonyl (C=O) groups is 2. The van der Waals surface area contributed by atoms with Crippen molar-refractivity contribution >= 4 is 27.7 Å². The number of nitrogens with zero attached hydrogens (tertiary/aromatic N) is 1. The number of carbonyl (C=O) groups excluding carboxylic acids is 2. The van der Waals surface area contributed by atoms with Crippen molar-refractivity contribution in [1.82, 2.24) is 10.2 Å². The van der Waals surface area contributed by atoms with E-state index in [1.54, 1.807) is 4.90 Å². The number of ether oxygens (including phenoxy) is 1. The number of amides is 2. The standard InChI is InChI=1S/C29H33BrN2O3/c1-4-16-31-29(34)27(18-23-8-6-5-7-9-23)32(19-24-11-13-25(30)14-12-24)28(33)20-35-26-15-10-21(2)22(3)17-26/h5-15,17,27H,4,16,18-20H2,1-3H3,(H,31,34)/t27-/m1/s1. The molecule has 0 unspecified atom stereocenters. The van der Waals surface area contributed by atoms with Crippen LogP contribution in [-0.2, 0) is 22.6 Å². The van der Waals surface area contributed by atoms with E-state index in [2.05, 4.69) is 21.2 Å². The molecule has 0 heterocycles. The molecule has 1 atom stereocenters. The van der Waals surface area contributed by atoms with Gasteiger partial charge in [-0.05, 0) is 66.8 Å². The van der Waals surface area contributed by atoms with Crippen LogP contribution in [0.5, 0.6) is 5.75 Å². The van der Waals surface area contributed by atoms with Gasteiger partial charge in [0.15, 0.2) is 6.61 Å². The fourth-order valence-electron chi connectivity index (χ4n) is 3.74. The molecule has 0 aromatic heterocycles. The highest BCUT2D eigenvalue weighted by atomic mass is 79.9. The molecule has 1 N–H and O–H groups in total. The molecule has 3 aromatic rings. The van der Waals surface area contributed by atoms with Crippen LogP contribution in [-0.4, -0.2) is 35.9 Å². The van der Waals surface area contributed by atoms with E-state index in [-0.39, 0.29) is 18.4 Å². The highest BCUT2D eigenvalue weighted by Crippen LogP contribution is 2.19. The monoisotopic (exact) mass is 536 g/mol. The number of halogens is 1. The van der Waals surface area contributed by atoms with Crippen molar-refractivity contribution in [1.29, 1.82) is 0 Å². The lowest BCUT2D eigenvalue weighted by Gasteiger charge is -2.31. The van der Waals surface area contributed by atoms with E-state index in [9.17, 15) is 9.59 Å². The second kappa shape index (κ2) is 13.1. The van der Waals surface area contributed by atoms with Crippen LogP contribution >= 0.6 is 15.9 Å². The number of hydrogen-bond donors (Lipinski definition) is 1. The minimum Gasteiger partial charge on any atom is -0.484 e. The maximum absolute atomic E-state index is 13.6. The molecular formula is C29H33BrN2O3. The van der Waals surface area contributed by atoms with Crippen LogP contribution in [0.2, 0.25) is 0 Å². The Hall–Kier alpha value is -3.12. The van der Waals surface area contributed by atoms with Gasteiger partial charge < -0.3 is 15.0 Å². The lowest BCUT2D eigenvalue weighted by atomic mass is 10.0. The summed E-state index contributed by atoms with van der Waals surface area (Å²) in [6.07, 6.45) is 1.24. The number of benzene rings is 3. The summed E-state index contributed by atoms with van der Waals surface area (Å²) in [5.74, 6) is 0.242. The minimum atomic E-state index is -0.663. The van der Waals surface area contributed by atoms with Gasteiger partial charge in [0, 0.05) is 24.0 Å². The van der Waals surface area contributed by atoms with Gasteiger partial charge >= 0.3 is 0 Å². The molecule has 0 saturated carbocycles. The quantitative estimate of drug-likeness (QED) is 0.346. The fraction of sp³-hybridized carbons (Fsp3) is 0.310. The third-order valence-corrected chi connectivity index (χ3v) is 6.46. The maximum atomic E-state index is 13.6. The Morgan fingerprint density at radius 1 is 0.943 bits per heavy atom. The van der Waals surface area contributed by atoms with Gasteiger partial charge in [-0.2, -0.15) is 0 Å². The normalized spacial score (nSPS) is 11.5. The van der Waals surface area contributed by atoms with Crippen LogP contribution in [0.4, 0.5) is 0 Å². The Bertz CT molecular complexity index is 1120. The average Bonchev–Trinajstić information content (AvgIpc) is 2.87. The van der Waals surface area contributed by atoms with Crippen molar-refractivity contribution in [2.45, 2.75) is 46.2 Å². The minimum absolute atomic E-state index is 0.147. The molecule has 0 spiro atoms. The number of hydrogen-bond acceptors (Lipinski definition) is 3. The SMILES string of the molecule is CCCNC(=O)[C@@H](Cc1ccccc1)N(Cc1ccc(Br)cc1)C(=O)COc1ccc(C)c(C)c1. The summed E-state index contributed by atoms with van der Waals surface area (Å²) in [5, 5.41) is 2.99. The first-order valence-corrected chi connectivity index (χ1v) is 12.7. The second-order valence-electron chi connectivity index (χ2n) is 8.68. The average molecular weight is 537 g/mol. The Morgan fingerprint density at radius 3 is 2.31 bits per heavy atom. The van der Waals surface area contributed by atoms with Crippen LogP contribution in [0, 0.1) is 13.8 Å². The first-order chi connectivity index (χ1) is 16.9. The van der Waals surface area contributed by atoms with Crippen LogP contribution < -0.4 is 10.1 Å². The van der Waals surface area contributed by atoms with Crippen molar-refractivity contribution in [2.24, 2.45) is 0 Å². The van der Waals surface area contributed by atoms with E-state index >= 15 is 0 Å². The molecule has 0 aliphatic heterocycles. The van der Waals surface area contributed by atoms with E-state index < -0.39 is 6.04 Å². The molecule has 35 heavy (non-hydrogen) atoms. The van der Waals surface area contributed by atoms with E-state index in [1.165, 1.54) is 0 Å². The van der Waals surface area contributed by atoms with Crippen molar-refractivity contribution in [3.63, 3.8) is 0 Å². The van der Waals surface area contributed by atoms with Crippen LogP contribution in [0.25, 0.3) is 0 Å². The molecule has 0 aliphatic carbocycles. The largest absolute Gasteiger partial charge is 0.484 e. The summed E-state index contributed by atoms with van der Waals surface area (Å²) in [6, 6.07) is 22.7. The van der Waals surface area contributed by atoms with Gasteiger partial charge in [0.05, 0.1) is 0 Å². The zero-order valence-electron chi connectivity index (χ0n) is 20.6. The van der Waals surface area contributed by atoms with Crippen LogP contribution in [0.1, 0.15) is 35.6 Å². The smallest absolute Gasteiger partial charge is 0.261 e. The predicted molar refractivity (Wildman–Crippen MR) is 143 cm³/mol. The predicted octanol–water partition coefficient (Wildman–Crippen LogP) is 5.61.